The van der Waals surface area contributed by atoms with Crippen molar-refractivity contribution in [2.45, 2.75) is 13.5 Å². The van der Waals surface area contributed by atoms with Crippen LogP contribution in [-0.4, -0.2) is 9.97 Å². The lowest BCUT2D eigenvalue weighted by Gasteiger charge is -2.09. The van der Waals surface area contributed by atoms with Gasteiger partial charge in [-0.05, 0) is 35.0 Å². The SMILES string of the molecule is Cc1cc(Cl)nc(COc2cc(Cl)c(Br)cc2Cl)n1. The first-order chi connectivity index (χ1) is 8.95. The van der Waals surface area contributed by atoms with E-state index >= 15 is 0 Å². The molecule has 0 saturated carbocycles. The first-order valence-corrected chi connectivity index (χ1v) is 7.16. The molecule has 2 aromatic rings. The van der Waals surface area contributed by atoms with Crippen LogP contribution in [0.1, 0.15) is 11.5 Å². The smallest absolute Gasteiger partial charge is 0.167 e. The molecular weight excluding hydrogens is 374 g/mol. The lowest BCUT2D eigenvalue weighted by molar-refractivity contribution is 0.295. The summed E-state index contributed by atoms with van der Waals surface area (Å²) in [5.74, 6) is 0.955. The van der Waals surface area contributed by atoms with E-state index in [1.807, 2.05) is 6.92 Å². The summed E-state index contributed by atoms with van der Waals surface area (Å²) in [6.45, 7) is 2.00. The molecule has 3 nitrogen and oxygen atoms in total. The molecule has 0 aliphatic carbocycles. The summed E-state index contributed by atoms with van der Waals surface area (Å²) in [6, 6.07) is 4.98. The van der Waals surface area contributed by atoms with Crippen molar-refractivity contribution in [3.63, 3.8) is 0 Å². The van der Waals surface area contributed by atoms with Crippen LogP contribution in [-0.2, 0) is 6.61 Å². The van der Waals surface area contributed by atoms with Crippen LogP contribution in [0.15, 0.2) is 22.7 Å². The number of halogens is 4. The number of ether oxygens (including phenoxy) is 1. The highest BCUT2D eigenvalue weighted by molar-refractivity contribution is 9.10. The Bertz CT molecular complexity index is 602. The number of nitrogens with zero attached hydrogens (tertiary/aromatic N) is 2. The third-order valence-electron chi connectivity index (χ3n) is 2.20. The molecule has 0 N–H and O–H groups in total. The maximum absolute atomic E-state index is 6.05. The van der Waals surface area contributed by atoms with Crippen molar-refractivity contribution < 1.29 is 4.74 Å². The lowest BCUT2D eigenvalue weighted by Crippen LogP contribution is -2.03. The van der Waals surface area contributed by atoms with Crippen molar-refractivity contribution in [3.8, 4) is 5.75 Å². The molecule has 2 rings (SSSR count). The molecule has 1 aromatic heterocycles. The fourth-order valence-corrected chi connectivity index (χ4v) is 2.51. The zero-order valence-corrected chi connectivity index (χ0v) is 13.6. The Morgan fingerprint density at radius 3 is 2.53 bits per heavy atom. The topological polar surface area (TPSA) is 35.0 Å². The summed E-state index contributed by atoms with van der Waals surface area (Å²) in [5, 5.41) is 1.35. The minimum atomic E-state index is 0.166. The van der Waals surface area contributed by atoms with Crippen LogP contribution in [0.5, 0.6) is 5.75 Å². The molecule has 0 amide bonds. The number of aromatic nitrogens is 2. The molecular formula is C12H8BrCl3N2O. The zero-order valence-electron chi connectivity index (χ0n) is 9.75. The normalized spacial score (nSPS) is 10.6. The van der Waals surface area contributed by atoms with E-state index in [4.69, 9.17) is 39.5 Å². The van der Waals surface area contributed by atoms with Gasteiger partial charge in [-0.15, -0.1) is 0 Å². The fourth-order valence-electron chi connectivity index (χ4n) is 1.41. The Morgan fingerprint density at radius 1 is 1.11 bits per heavy atom. The van der Waals surface area contributed by atoms with Gasteiger partial charge in [0.25, 0.3) is 0 Å². The minimum absolute atomic E-state index is 0.166. The largest absolute Gasteiger partial charge is 0.484 e. The molecule has 0 spiro atoms. The molecule has 0 aliphatic rings. The van der Waals surface area contributed by atoms with E-state index in [0.29, 0.717) is 31.2 Å². The monoisotopic (exact) mass is 380 g/mol. The van der Waals surface area contributed by atoms with E-state index < -0.39 is 0 Å². The molecule has 1 aromatic carbocycles. The summed E-state index contributed by atoms with van der Waals surface area (Å²) in [7, 11) is 0. The zero-order chi connectivity index (χ0) is 14.0. The average Bonchev–Trinajstić information content (AvgIpc) is 2.31. The van der Waals surface area contributed by atoms with E-state index in [2.05, 4.69) is 25.9 Å². The van der Waals surface area contributed by atoms with Gasteiger partial charge in [0.2, 0.25) is 0 Å². The summed E-state index contributed by atoms with van der Waals surface area (Å²) >= 11 is 21.2. The molecule has 0 unspecified atom stereocenters. The van der Waals surface area contributed by atoms with Gasteiger partial charge in [-0.3, -0.25) is 0 Å². The average molecular weight is 382 g/mol. The molecule has 0 fully saturated rings. The molecule has 19 heavy (non-hydrogen) atoms. The van der Waals surface area contributed by atoms with Crippen LogP contribution in [0.4, 0.5) is 0 Å². The highest BCUT2D eigenvalue weighted by Crippen LogP contribution is 2.34. The molecule has 0 saturated heterocycles. The van der Waals surface area contributed by atoms with Crippen molar-refractivity contribution in [1.82, 2.24) is 9.97 Å². The lowest BCUT2D eigenvalue weighted by atomic mass is 10.3. The van der Waals surface area contributed by atoms with E-state index in [1.165, 1.54) is 0 Å². The molecule has 1 heterocycles. The molecule has 0 bridgehead atoms. The van der Waals surface area contributed by atoms with Gasteiger partial charge in [0.05, 0.1) is 10.0 Å². The molecule has 0 aliphatic heterocycles. The van der Waals surface area contributed by atoms with Crippen molar-refractivity contribution >= 4 is 50.7 Å². The number of benzene rings is 1. The van der Waals surface area contributed by atoms with Gasteiger partial charge in [0.15, 0.2) is 5.82 Å². The number of aryl methyl sites for hydroxylation is 1. The van der Waals surface area contributed by atoms with E-state index in [9.17, 15) is 0 Å². The van der Waals surface area contributed by atoms with Gasteiger partial charge in [0, 0.05) is 16.2 Å². The van der Waals surface area contributed by atoms with Gasteiger partial charge in [-0.1, -0.05) is 34.8 Å². The Labute approximate surface area is 134 Å². The van der Waals surface area contributed by atoms with E-state index in [0.717, 1.165) is 5.69 Å². The van der Waals surface area contributed by atoms with Crippen LogP contribution in [0.3, 0.4) is 0 Å². The van der Waals surface area contributed by atoms with Gasteiger partial charge in [-0.2, -0.15) is 0 Å². The van der Waals surface area contributed by atoms with Gasteiger partial charge in [0.1, 0.15) is 17.5 Å². The van der Waals surface area contributed by atoms with Crippen molar-refractivity contribution in [2.24, 2.45) is 0 Å². The maximum atomic E-state index is 6.05. The third kappa shape index (κ3) is 3.96. The molecule has 100 valence electrons. The highest BCUT2D eigenvalue weighted by Gasteiger charge is 2.08. The Kier molecular flexibility index (Phi) is 4.90. The summed E-state index contributed by atoms with van der Waals surface area (Å²) in [4.78, 5) is 8.28. The number of hydrogen-bond donors (Lipinski definition) is 0. The Balaban J connectivity index is 2.16. The predicted molar refractivity (Wildman–Crippen MR) is 80.3 cm³/mol. The number of hydrogen-bond acceptors (Lipinski definition) is 3. The first kappa shape index (κ1) is 14.9. The van der Waals surface area contributed by atoms with Crippen LogP contribution in [0.25, 0.3) is 0 Å². The van der Waals surface area contributed by atoms with Crippen molar-refractivity contribution in [3.05, 3.63) is 49.4 Å². The Hall–Kier alpha value is -0.550. The first-order valence-electron chi connectivity index (χ1n) is 5.23. The highest BCUT2D eigenvalue weighted by atomic mass is 79.9. The van der Waals surface area contributed by atoms with Gasteiger partial charge >= 0.3 is 0 Å². The second kappa shape index (κ2) is 6.27. The number of rotatable bonds is 3. The molecule has 0 radical (unpaired) electrons. The van der Waals surface area contributed by atoms with Gasteiger partial charge in [-0.25, -0.2) is 9.97 Å². The summed E-state index contributed by atoms with van der Waals surface area (Å²) in [5.41, 5.74) is 0.776. The van der Waals surface area contributed by atoms with Crippen LogP contribution in [0.2, 0.25) is 15.2 Å². The summed E-state index contributed by atoms with van der Waals surface area (Å²) < 4.78 is 6.26. The second-order valence-electron chi connectivity index (χ2n) is 3.73. The quantitative estimate of drug-likeness (QED) is 0.548. The minimum Gasteiger partial charge on any atom is -0.484 e. The van der Waals surface area contributed by atoms with Crippen molar-refractivity contribution in [1.29, 1.82) is 0 Å². The van der Waals surface area contributed by atoms with Crippen molar-refractivity contribution in [2.75, 3.05) is 0 Å². The Morgan fingerprint density at radius 2 is 1.84 bits per heavy atom. The third-order valence-corrected chi connectivity index (χ3v) is 3.89. The van der Waals surface area contributed by atoms with Crippen LogP contribution in [0, 0.1) is 6.92 Å². The fraction of sp³-hybridized carbons (Fsp3) is 0.167. The van der Waals surface area contributed by atoms with Crippen LogP contribution < -0.4 is 4.74 Å². The standard InChI is InChI=1S/C12H8BrCl3N2O/c1-6-2-11(16)18-12(17-6)5-19-10-4-8(14)7(13)3-9(10)15/h2-4H,5H2,1H3. The van der Waals surface area contributed by atoms with Crippen LogP contribution >= 0.6 is 50.7 Å². The second-order valence-corrected chi connectivity index (χ2v) is 5.79. The van der Waals surface area contributed by atoms with Gasteiger partial charge < -0.3 is 4.74 Å². The maximum Gasteiger partial charge on any atom is 0.167 e. The summed E-state index contributed by atoms with van der Waals surface area (Å²) in [6.07, 6.45) is 0. The van der Waals surface area contributed by atoms with E-state index in [1.54, 1.807) is 18.2 Å². The molecule has 7 heteroatoms. The predicted octanol–water partition coefficient (Wildman–Crippen LogP) is 5.09. The van der Waals surface area contributed by atoms with E-state index in [-0.39, 0.29) is 6.61 Å². The molecule has 0 atom stereocenters.